The van der Waals surface area contributed by atoms with Gasteiger partial charge in [0.1, 0.15) is 12.1 Å². The Bertz CT molecular complexity index is 572. The van der Waals surface area contributed by atoms with Crippen LogP contribution in [0.2, 0.25) is 0 Å². The minimum atomic E-state index is -0.450. The molecule has 2 rings (SSSR count). The molecule has 0 aliphatic heterocycles. The summed E-state index contributed by atoms with van der Waals surface area (Å²) in [4.78, 5) is 19.4. The molecule has 0 N–H and O–H groups in total. The molecule has 0 spiro atoms. The first-order valence-electron chi connectivity index (χ1n) is 6.50. The molecular formula is C16H18N2O2. The van der Waals surface area contributed by atoms with Gasteiger partial charge in [0, 0.05) is 12.4 Å². The van der Waals surface area contributed by atoms with Crippen molar-refractivity contribution in [2.24, 2.45) is 5.41 Å². The number of esters is 1. The van der Waals surface area contributed by atoms with E-state index in [2.05, 4.69) is 30.7 Å². The highest BCUT2D eigenvalue weighted by molar-refractivity contribution is 5.90. The van der Waals surface area contributed by atoms with E-state index < -0.39 is 5.97 Å². The van der Waals surface area contributed by atoms with Gasteiger partial charge in [0.05, 0.1) is 5.56 Å². The second-order valence-electron chi connectivity index (χ2n) is 5.90. The lowest BCUT2D eigenvalue weighted by Gasteiger charge is -2.18. The van der Waals surface area contributed by atoms with Gasteiger partial charge < -0.3 is 4.74 Å². The quantitative estimate of drug-likeness (QED) is 0.634. The number of ether oxygens (including phenoxy) is 1. The van der Waals surface area contributed by atoms with E-state index in [1.807, 2.05) is 24.3 Å². The van der Waals surface area contributed by atoms with Crippen LogP contribution in [0.3, 0.4) is 0 Å². The minimum Gasteiger partial charge on any atom is -0.423 e. The van der Waals surface area contributed by atoms with Gasteiger partial charge in [-0.05, 0) is 29.5 Å². The molecule has 0 aliphatic rings. The maximum Gasteiger partial charge on any atom is 0.346 e. The molecule has 4 nitrogen and oxygen atoms in total. The molecule has 0 saturated carbocycles. The van der Waals surface area contributed by atoms with Gasteiger partial charge in [0.2, 0.25) is 0 Å². The van der Waals surface area contributed by atoms with E-state index in [1.165, 1.54) is 24.3 Å². The number of benzene rings is 1. The lowest BCUT2D eigenvalue weighted by atomic mass is 9.88. The van der Waals surface area contributed by atoms with E-state index in [1.54, 1.807) is 0 Å². The summed E-state index contributed by atoms with van der Waals surface area (Å²) in [5.74, 6) is 0.0747. The number of nitrogens with zero attached hydrogens (tertiary/aromatic N) is 2. The van der Waals surface area contributed by atoms with Gasteiger partial charge in [-0.25, -0.2) is 14.8 Å². The Kier molecular flexibility index (Phi) is 4.13. The fourth-order valence-electron chi connectivity index (χ4n) is 1.86. The Hall–Kier alpha value is -2.23. The van der Waals surface area contributed by atoms with Crippen molar-refractivity contribution in [1.29, 1.82) is 0 Å². The molecule has 0 saturated heterocycles. The van der Waals surface area contributed by atoms with Crippen LogP contribution in [0, 0.1) is 5.41 Å². The summed E-state index contributed by atoms with van der Waals surface area (Å²) in [6.45, 7) is 6.57. The summed E-state index contributed by atoms with van der Waals surface area (Å²) in [7, 11) is 0. The number of rotatable bonds is 3. The molecule has 2 aromatic rings. The fourth-order valence-corrected chi connectivity index (χ4v) is 1.86. The second-order valence-corrected chi connectivity index (χ2v) is 5.90. The third kappa shape index (κ3) is 4.16. The molecule has 0 amide bonds. The largest absolute Gasteiger partial charge is 0.423 e. The SMILES string of the molecule is CC(C)(C)Cc1ccc(OC(=O)c2cncnc2)cc1. The normalized spacial score (nSPS) is 11.2. The number of hydrogen-bond acceptors (Lipinski definition) is 4. The maximum absolute atomic E-state index is 11.8. The van der Waals surface area contributed by atoms with Crippen molar-refractivity contribution in [3.05, 3.63) is 54.1 Å². The smallest absolute Gasteiger partial charge is 0.346 e. The molecule has 0 radical (unpaired) electrons. The minimum absolute atomic E-state index is 0.236. The molecule has 0 unspecified atom stereocenters. The summed E-state index contributed by atoms with van der Waals surface area (Å²) in [6, 6.07) is 7.58. The lowest BCUT2D eigenvalue weighted by molar-refractivity contribution is 0.0733. The molecule has 1 heterocycles. The highest BCUT2D eigenvalue weighted by Crippen LogP contribution is 2.22. The maximum atomic E-state index is 11.8. The zero-order chi connectivity index (χ0) is 14.6. The molecule has 4 heteroatoms. The van der Waals surface area contributed by atoms with Crippen LogP contribution in [-0.4, -0.2) is 15.9 Å². The van der Waals surface area contributed by atoms with Crippen molar-refractivity contribution in [3.63, 3.8) is 0 Å². The Morgan fingerprint density at radius 2 is 1.70 bits per heavy atom. The van der Waals surface area contributed by atoms with Gasteiger partial charge in [-0.2, -0.15) is 0 Å². The van der Waals surface area contributed by atoms with E-state index >= 15 is 0 Å². The van der Waals surface area contributed by atoms with Crippen molar-refractivity contribution in [3.8, 4) is 5.75 Å². The van der Waals surface area contributed by atoms with E-state index in [4.69, 9.17) is 4.74 Å². The zero-order valence-electron chi connectivity index (χ0n) is 12.0. The van der Waals surface area contributed by atoms with Crippen molar-refractivity contribution >= 4 is 5.97 Å². The predicted molar refractivity (Wildman–Crippen MR) is 76.6 cm³/mol. The van der Waals surface area contributed by atoms with E-state index in [0.29, 0.717) is 11.3 Å². The fraction of sp³-hybridized carbons (Fsp3) is 0.312. The Labute approximate surface area is 118 Å². The summed E-state index contributed by atoms with van der Waals surface area (Å²) in [5, 5.41) is 0. The number of aromatic nitrogens is 2. The molecule has 1 aromatic carbocycles. The first-order chi connectivity index (χ1) is 9.44. The van der Waals surface area contributed by atoms with E-state index in [0.717, 1.165) is 6.42 Å². The molecule has 0 aliphatic carbocycles. The molecular weight excluding hydrogens is 252 g/mol. The molecule has 0 atom stereocenters. The first-order valence-corrected chi connectivity index (χ1v) is 6.50. The highest BCUT2D eigenvalue weighted by atomic mass is 16.5. The van der Waals surface area contributed by atoms with Gasteiger partial charge >= 0.3 is 5.97 Å². The average Bonchev–Trinajstić information content (AvgIpc) is 2.40. The van der Waals surface area contributed by atoms with Crippen molar-refractivity contribution in [1.82, 2.24) is 9.97 Å². The second kappa shape index (κ2) is 5.82. The Balaban J connectivity index is 2.02. The molecule has 104 valence electrons. The number of hydrogen-bond donors (Lipinski definition) is 0. The van der Waals surface area contributed by atoms with E-state index in [-0.39, 0.29) is 5.41 Å². The average molecular weight is 270 g/mol. The topological polar surface area (TPSA) is 52.1 Å². The van der Waals surface area contributed by atoms with Gasteiger partial charge in [0.25, 0.3) is 0 Å². The van der Waals surface area contributed by atoms with Crippen LogP contribution in [-0.2, 0) is 6.42 Å². The molecule has 0 bridgehead atoms. The van der Waals surface area contributed by atoms with Gasteiger partial charge in [-0.15, -0.1) is 0 Å². The Morgan fingerprint density at radius 3 is 2.25 bits per heavy atom. The molecule has 20 heavy (non-hydrogen) atoms. The van der Waals surface area contributed by atoms with Crippen LogP contribution >= 0.6 is 0 Å². The third-order valence-electron chi connectivity index (χ3n) is 2.66. The van der Waals surface area contributed by atoms with Crippen LogP contribution in [0.15, 0.2) is 43.0 Å². The summed E-state index contributed by atoms with van der Waals surface area (Å²) >= 11 is 0. The van der Waals surface area contributed by atoms with Gasteiger partial charge in [-0.1, -0.05) is 32.9 Å². The van der Waals surface area contributed by atoms with Gasteiger partial charge in [0.15, 0.2) is 0 Å². The summed E-state index contributed by atoms with van der Waals surface area (Å²) < 4.78 is 5.27. The first kappa shape index (κ1) is 14.2. The van der Waals surface area contributed by atoms with Crippen LogP contribution in [0.5, 0.6) is 5.75 Å². The van der Waals surface area contributed by atoms with Crippen molar-refractivity contribution < 1.29 is 9.53 Å². The Morgan fingerprint density at radius 1 is 1.10 bits per heavy atom. The summed E-state index contributed by atoms with van der Waals surface area (Å²) in [6.07, 6.45) is 5.22. The summed E-state index contributed by atoms with van der Waals surface area (Å²) in [5.41, 5.74) is 1.80. The zero-order valence-corrected chi connectivity index (χ0v) is 12.0. The van der Waals surface area contributed by atoms with Gasteiger partial charge in [-0.3, -0.25) is 0 Å². The molecule has 0 fully saturated rings. The van der Waals surface area contributed by atoms with Crippen LogP contribution in [0.1, 0.15) is 36.7 Å². The molecule has 1 aromatic heterocycles. The van der Waals surface area contributed by atoms with E-state index in [9.17, 15) is 4.79 Å². The standard InChI is InChI=1S/C16H18N2O2/c1-16(2,3)8-12-4-6-14(7-5-12)20-15(19)13-9-17-11-18-10-13/h4-7,9-11H,8H2,1-3H3. The monoisotopic (exact) mass is 270 g/mol. The third-order valence-corrected chi connectivity index (χ3v) is 2.66. The predicted octanol–water partition coefficient (Wildman–Crippen LogP) is 3.28. The van der Waals surface area contributed by atoms with Crippen LogP contribution in [0.25, 0.3) is 0 Å². The highest BCUT2D eigenvalue weighted by Gasteiger charge is 2.12. The van der Waals surface area contributed by atoms with Crippen molar-refractivity contribution in [2.45, 2.75) is 27.2 Å². The number of carbonyl (C=O) groups is 1. The lowest BCUT2D eigenvalue weighted by Crippen LogP contribution is -2.10. The van der Waals surface area contributed by atoms with Crippen LogP contribution in [0.4, 0.5) is 0 Å². The van der Waals surface area contributed by atoms with Crippen LogP contribution < -0.4 is 4.74 Å². The van der Waals surface area contributed by atoms with Crippen molar-refractivity contribution in [2.75, 3.05) is 0 Å². The number of carbonyl (C=O) groups excluding carboxylic acids is 1.